The van der Waals surface area contributed by atoms with E-state index in [-0.39, 0.29) is 36.0 Å². The Kier molecular flexibility index (Phi) is 4.89. The monoisotopic (exact) mass is 434 g/mol. The van der Waals surface area contributed by atoms with Crippen molar-refractivity contribution >= 4 is 17.5 Å². The summed E-state index contributed by atoms with van der Waals surface area (Å²) in [5.74, 6) is 0.838. The molecule has 2 aliphatic heterocycles. The van der Waals surface area contributed by atoms with E-state index in [0.29, 0.717) is 5.56 Å². The first-order valence-electron chi connectivity index (χ1n) is 7.93. The summed E-state index contributed by atoms with van der Waals surface area (Å²) in [6.45, 7) is 1.80. The van der Waals surface area contributed by atoms with Crippen LogP contribution >= 0.6 is 0 Å². The number of likely N-dealkylation sites (N-methyl/N-ethyl adjacent to an activating group) is 1. The highest BCUT2D eigenvalue weighted by molar-refractivity contribution is 6.01. The highest BCUT2D eigenvalue weighted by atomic mass is 127. The number of carbonyl (C=O) groups is 1. The first kappa shape index (κ1) is 17.0. The van der Waals surface area contributed by atoms with Gasteiger partial charge in [-0.05, 0) is 18.2 Å². The minimum Gasteiger partial charge on any atom is -1.00 e. The zero-order valence-corrected chi connectivity index (χ0v) is 15.6. The second-order valence-electron chi connectivity index (χ2n) is 6.02. The van der Waals surface area contributed by atoms with E-state index in [1.807, 2.05) is 24.3 Å². The predicted octanol–water partition coefficient (Wildman–Crippen LogP) is -0.319. The summed E-state index contributed by atoms with van der Waals surface area (Å²) in [5, 5.41) is 0. The number of para-hydroxylation sites is 1. The van der Waals surface area contributed by atoms with Crippen LogP contribution in [0.15, 0.2) is 54.6 Å². The van der Waals surface area contributed by atoms with E-state index in [0.717, 1.165) is 25.3 Å². The summed E-state index contributed by atoms with van der Waals surface area (Å²) in [7, 11) is 2.05. The minimum atomic E-state index is -0.253. The van der Waals surface area contributed by atoms with Crippen LogP contribution < -0.4 is 28.9 Å². The number of fused-ring (bicyclic) bond motifs is 1. The van der Waals surface area contributed by atoms with Crippen molar-refractivity contribution in [2.45, 2.75) is 19.1 Å². The quantitative estimate of drug-likeness (QED) is 0.369. The smallest absolute Gasteiger partial charge is 0.339 e. The maximum atomic E-state index is 12.4. The number of nitrogens with zero attached hydrogens (tertiary/aromatic N) is 2. The van der Waals surface area contributed by atoms with Gasteiger partial charge in [-0.3, -0.25) is 4.58 Å². The normalized spacial score (nSPS) is 18.5. The number of halogens is 1. The van der Waals surface area contributed by atoms with Gasteiger partial charge in [0.25, 0.3) is 5.84 Å². The van der Waals surface area contributed by atoms with Crippen molar-refractivity contribution in [2.24, 2.45) is 0 Å². The molecule has 0 spiro atoms. The lowest BCUT2D eigenvalue weighted by Crippen LogP contribution is -3.00. The molecule has 0 aromatic heterocycles. The second-order valence-corrected chi connectivity index (χ2v) is 6.02. The van der Waals surface area contributed by atoms with Gasteiger partial charge in [0.2, 0.25) is 6.10 Å². The maximum absolute atomic E-state index is 12.4. The maximum Gasteiger partial charge on any atom is 0.339 e. The molecule has 0 fully saturated rings. The molecule has 2 aromatic carbocycles. The van der Waals surface area contributed by atoms with Crippen LogP contribution in [0.5, 0.6) is 0 Å². The summed E-state index contributed by atoms with van der Waals surface area (Å²) < 4.78 is 8.10. The SMILES string of the molecule is CN1C2=[N+](CCC2OC(=O)c2ccccc2)Cc2ccccc21.[I-]. The molecule has 4 nitrogen and oxygen atoms in total. The molecule has 4 rings (SSSR count). The topological polar surface area (TPSA) is 32.5 Å². The van der Waals surface area contributed by atoms with Crippen molar-refractivity contribution in [2.75, 3.05) is 18.5 Å². The third-order valence-electron chi connectivity index (χ3n) is 4.59. The Hall–Kier alpha value is -1.89. The molecular formula is C19H19IN2O2. The average molecular weight is 434 g/mol. The lowest BCUT2D eigenvalue weighted by atomic mass is 10.1. The lowest BCUT2D eigenvalue weighted by molar-refractivity contribution is -0.538. The molecule has 2 aliphatic rings. The minimum absolute atomic E-state index is 0. The van der Waals surface area contributed by atoms with Gasteiger partial charge in [0, 0.05) is 12.0 Å². The van der Waals surface area contributed by atoms with E-state index in [4.69, 9.17) is 4.74 Å². The second kappa shape index (κ2) is 6.93. The molecule has 1 unspecified atom stereocenters. The van der Waals surface area contributed by atoms with E-state index in [1.165, 1.54) is 11.3 Å². The fraction of sp³-hybridized carbons (Fsp3) is 0.263. The Morgan fingerprint density at radius 2 is 1.83 bits per heavy atom. The Bertz CT molecular complexity index is 789. The number of benzene rings is 2. The van der Waals surface area contributed by atoms with E-state index < -0.39 is 0 Å². The van der Waals surface area contributed by atoms with Gasteiger partial charge in [-0.25, -0.2) is 9.69 Å². The van der Waals surface area contributed by atoms with Crippen molar-refractivity contribution in [3.63, 3.8) is 0 Å². The van der Waals surface area contributed by atoms with Crippen LogP contribution in [-0.4, -0.2) is 36.1 Å². The Labute approximate surface area is 158 Å². The van der Waals surface area contributed by atoms with Gasteiger partial charge in [0.15, 0.2) is 0 Å². The lowest BCUT2D eigenvalue weighted by Gasteiger charge is -2.24. The molecule has 0 radical (unpaired) electrons. The molecule has 0 N–H and O–H groups in total. The van der Waals surface area contributed by atoms with Crippen molar-refractivity contribution in [3.05, 3.63) is 65.7 Å². The van der Waals surface area contributed by atoms with Gasteiger partial charge in [0.05, 0.1) is 19.2 Å². The number of ether oxygens (including phenoxy) is 1. The van der Waals surface area contributed by atoms with Crippen molar-refractivity contribution < 1.29 is 38.1 Å². The molecule has 0 amide bonds. The first-order valence-corrected chi connectivity index (χ1v) is 7.93. The van der Waals surface area contributed by atoms with E-state index in [1.54, 1.807) is 12.1 Å². The standard InChI is InChI=1S/C19H19N2O2.HI/c1-20-16-10-6-5-9-15(16)13-21-12-11-17(18(20)21)23-19(22)14-7-3-2-4-8-14;/h2-10,17H,11-13H2,1H3;1H/q+1;/p-1. The van der Waals surface area contributed by atoms with Gasteiger partial charge < -0.3 is 28.7 Å². The van der Waals surface area contributed by atoms with E-state index in [9.17, 15) is 4.79 Å². The van der Waals surface area contributed by atoms with Gasteiger partial charge >= 0.3 is 5.97 Å². The number of amidine groups is 1. The largest absolute Gasteiger partial charge is 1.00 e. The van der Waals surface area contributed by atoms with Crippen molar-refractivity contribution in [1.82, 2.24) is 0 Å². The van der Waals surface area contributed by atoms with Crippen LogP contribution in [0.25, 0.3) is 0 Å². The summed E-state index contributed by atoms with van der Waals surface area (Å²) in [5.41, 5.74) is 3.11. The van der Waals surface area contributed by atoms with E-state index >= 15 is 0 Å². The van der Waals surface area contributed by atoms with Crippen molar-refractivity contribution in [1.29, 1.82) is 0 Å². The van der Waals surface area contributed by atoms with Gasteiger partial charge in [0.1, 0.15) is 12.2 Å². The predicted molar refractivity (Wildman–Crippen MR) is 88.9 cm³/mol. The number of hydrogen-bond donors (Lipinski definition) is 0. The third-order valence-corrected chi connectivity index (χ3v) is 4.59. The number of carbonyl (C=O) groups excluding carboxylic acids is 1. The van der Waals surface area contributed by atoms with Crippen LogP contribution in [0.2, 0.25) is 0 Å². The van der Waals surface area contributed by atoms with E-state index in [2.05, 4.69) is 34.7 Å². The van der Waals surface area contributed by atoms with Crippen molar-refractivity contribution in [3.8, 4) is 0 Å². The summed E-state index contributed by atoms with van der Waals surface area (Å²) in [6.07, 6.45) is 0.660. The Balaban J connectivity index is 0.00000169. The van der Waals surface area contributed by atoms with Crippen LogP contribution in [-0.2, 0) is 11.3 Å². The third kappa shape index (κ3) is 2.92. The zero-order chi connectivity index (χ0) is 15.8. The molecule has 2 aromatic rings. The van der Waals surface area contributed by atoms with Crippen LogP contribution in [0.3, 0.4) is 0 Å². The Morgan fingerprint density at radius 1 is 1.12 bits per heavy atom. The van der Waals surface area contributed by atoms with Crippen LogP contribution in [0.1, 0.15) is 22.3 Å². The van der Waals surface area contributed by atoms with Gasteiger partial charge in [-0.15, -0.1) is 0 Å². The molecule has 0 saturated carbocycles. The molecule has 5 heteroatoms. The molecule has 24 heavy (non-hydrogen) atoms. The molecule has 1 atom stereocenters. The summed E-state index contributed by atoms with van der Waals surface area (Å²) in [6, 6.07) is 17.6. The molecule has 0 bridgehead atoms. The highest BCUT2D eigenvalue weighted by Gasteiger charge is 2.42. The number of hydrogen-bond acceptors (Lipinski definition) is 3. The van der Waals surface area contributed by atoms with Crippen LogP contribution in [0.4, 0.5) is 5.69 Å². The molecular weight excluding hydrogens is 415 g/mol. The Morgan fingerprint density at radius 3 is 2.62 bits per heavy atom. The molecule has 0 saturated heterocycles. The fourth-order valence-electron chi connectivity index (χ4n) is 3.49. The average Bonchev–Trinajstić information content (AvgIpc) is 2.99. The number of anilines is 1. The zero-order valence-electron chi connectivity index (χ0n) is 13.5. The summed E-state index contributed by atoms with van der Waals surface area (Å²) >= 11 is 0. The highest BCUT2D eigenvalue weighted by Crippen LogP contribution is 2.29. The van der Waals surface area contributed by atoms with Crippen LogP contribution in [0, 0.1) is 0 Å². The molecule has 124 valence electrons. The first-order chi connectivity index (χ1) is 11.2. The van der Waals surface area contributed by atoms with Gasteiger partial charge in [-0.1, -0.05) is 36.4 Å². The fourth-order valence-corrected chi connectivity index (χ4v) is 3.49. The van der Waals surface area contributed by atoms with Gasteiger partial charge in [-0.2, -0.15) is 0 Å². The molecule has 0 aliphatic carbocycles. The summed E-state index contributed by atoms with van der Waals surface area (Å²) in [4.78, 5) is 14.5. The molecule has 2 heterocycles. The number of rotatable bonds is 2. The number of esters is 1.